The summed E-state index contributed by atoms with van der Waals surface area (Å²) in [5.41, 5.74) is 7.27. The van der Waals surface area contributed by atoms with Crippen molar-refractivity contribution in [1.82, 2.24) is 0 Å². The molecule has 3 rings (SSSR count). The number of rotatable bonds is 3. The number of benzene rings is 1. The van der Waals surface area contributed by atoms with Crippen LogP contribution < -0.4 is 15.4 Å². The van der Waals surface area contributed by atoms with Crippen LogP contribution in [0.15, 0.2) is 24.3 Å². The molecule has 0 bridgehead atoms. The van der Waals surface area contributed by atoms with Crippen molar-refractivity contribution in [3.63, 3.8) is 0 Å². The Balaban J connectivity index is 1.67. The summed E-state index contributed by atoms with van der Waals surface area (Å²) < 4.78 is 6.34. The van der Waals surface area contributed by atoms with Crippen LogP contribution in [0.4, 0.5) is 5.69 Å². The molecule has 1 aromatic rings. The van der Waals surface area contributed by atoms with E-state index < -0.39 is 0 Å². The number of anilines is 1. The second-order valence-corrected chi connectivity index (χ2v) is 6.79. The average Bonchev–Trinajstić information content (AvgIpc) is 2.51. The fourth-order valence-corrected chi connectivity index (χ4v) is 3.49. The van der Waals surface area contributed by atoms with Crippen molar-refractivity contribution in [3.8, 4) is 5.75 Å². The average molecular weight is 288 g/mol. The predicted molar refractivity (Wildman–Crippen MR) is 87.9 cm³/mol. The van der Waals surface area contributed by atoms with E-state index in [9.17, 15) is 0 Å². The van der Waals surface area contributed by atoms with E-state index in [1.165, 1.54) is 31.4 Å². The molecule has 116 valence electrons. The van der Waals surface area contributed by atoms with Crippen LogP contribution in [-0.4, -0.2) is 25.2 Å². The minimum absolute atomic E-state index is 0.370. The van der Waals surface area contributed by atoms with Gasteiger partial charge in [0, 0.05) is 19.1 Å². The standard InChI is InChI=1S/C18H28N2O/c1-14-6-8-16(9-7-14)21-18-5-3-2-4-17(18)20-12-10-15(19)11-13-20/h2-5,14-16H,6-13,19H2,1H3. The van der Waals surface area contributed by atoms with Crippen LogP contribution in [0.5, 0.6) is 5.75 Å². The molecule has 2 aliphatic rings. The Labute approximate surface area is 128 Å². The summed E-state index contributed by atoms with van der Waals surface area (Å²) in [6.07, 6.45) is 7.54. The van der Waals surface area contributed by atoms with Crippen LogP contribution in [-0.2, 0) is 0 Å². The maximum absolute atomic E-state index is 6.34. The van der Waals surface area contributed by atoms with Crippen molar-refractivity contribution < 1.29 is 4.74 Å². The van der Waals surface area contributed by atoms with Crippen LogP contribution in [0.1, 0.15) is 45.4 Å². The first-order valence-corrected chi connectivity index (χ1v) is 8.48. The zero-order valence-corrected chi connectivity index (χ0v) is 13.1. The van der Waals surface area contributed by atoms with E-state index >= 15 is 0 Å². The van der Waals surface area contributed by atoms with Gasteiger partial charge in [0.2, 0.25) is 0 Å². The van der Waals surface area contributed by atoms with Crippen molar-refractivity contribution in [2.75, 3.05) is 18.0 Å². The zero-order valence-electron chi connectivity index (χ0n) is 13.1. The van der Waals surface area contributed by atoms with E-state index in [4.69, 9.17) is 10.5 Å². The maximum Gasteiger partial charge on any atom is 0.143 e. The van der Waals surface area contributed by atoms with Crippen LogP contribution in [0.25, 0.3) is 0 Å². The first-order valence-electron chi connectivity index (χ1n) is 8.48. The third-order valence-electron chi connectivity index (χ3n) is 5.00. The summed E-state index contributed by atoms with van der Waals surface area (Å²) in [6, 6.07) is 8.88. The Bertz CT molecular complexity index is 446. The highest BCUT2D eigenvalue weighted by Gasteiger charge is 2.23. The van der Waals surface area contributed by atoms with Gasteiger partial charge in [0.25, 0.3) is 0 Å². The topological polar surface area (TPSA) is 38.5 Å². The highest BCUT2D eigenvalue weighted by Crippen LogP contribution is 2.34. The van der Waals surface area contributed by atoms with Gasteiger partial charge >= 0.3 is 0 Å². The van der Waals surface area contributed by atoms with Crippen LogP contribution in [0.2, 0.25) is 0 Å². The van der Waals surface area contributed by atoms with Crippen LogP contribution >= 0.6 is 0 Å². The van der Waals surface area contributed by atoms with Gasteiger partial charge in [-0.2, -0.15) is 0 Å². The number of nitrogens with zero attached hydrogens (tertiary/aromatic N) is 1. The number of ether oxygens (including phenoxy) is 1. The van der Waals surface area contributed by atoms with Gasteiger partial charge in [-0.25, -0.2) is 0 Å². The molecule has 2 N–H and O–H groups in total. The molecular weight excluding hydrogens is 260 g/mol. The van der Waals surface area contributed by atoms with Gasteiger partial charge in [-0.3, -0.25) is 0 Å². The Hall–Kier alpha value is -1.22. The van der Waals surface area contributed by atoms with E-state index in [1.54, 1.807) is 0 Å². The fourth-order valence-electron chi connectivity index (χ4n) is 3.49. The molecule has 2 fully saturated rings. The molecule has 3 nitrogen and oxygen atoms in total. The molecule has 21 heavy (non-hydrogen) atoms. The Kier molecular flexibility index (Phi) is 4.69. The molecule has 0 radical (unpaired) electrons. The third-order valence-corrected chi connectivity index (χ3v) is 5.00. The van der Waals surface area contributed by atoms with Crippen LogP contribution in [0, 0.1) is 5.92 Å². The van der Waals surface area contributed by atoms with E-state index in [0.717, 1.165) is 37.6 Å². The smallest absolute Gasteiger partial charge is 0.143 e. The molecule has 1 saturated carbocycles. The normalized spacial score (nSPS) is 27.6. The SMILES string of the molecule is CC1CCC(Oc2ccccc2N2CCC(N)CC2)CC1. The molecule has 1 aliphatic carbocycles. The summed E-state index contributed by atoms with van der Waals surface area (Å²) in [7, 11) is 0. The summed E-state index contributed by atoms with van der Waals surface area (Å²) >= 11 is 0. The Morgan fingerprint density at radius 1 is 1.00 bits per heavy atom. The minimum atomic E-state index is 0.370. The molecule has 1 aliphatic heterocycles. The molecule has 0 amide bonds. The molecule has 0 spiro atoms. The van der Waals surface area contributed by atoms with Gasteiger partial charge in [-0.1, -0.05) is 19.1 Å². The predicted octanol–water partition coefficient (Wildman–Crippen LogP) is 3.57. The van der Waals surface area contributed by atoms with Gasteiger partial charge in [0.05, 0.1) is 11.8 Å². The number of piperidine rings is 1. The zero-order chi connectivity index (χ0) is 14.7. The Morgan fingerprint density at radius 2 is 1.67 bits per heavy atom. The van der Waals surface area contributed by atoms with Gasteiger partial charge in [-0.05, 0) is 56.6 Å². The summed E-state index contributed by atoms with van der Waals surface area (Å²) in [4.78, 5) is 2.43. The fraction of sp³-hybridized carbons (Fsp3) is 0.667. The molecule has 0 unspecified atom stereocenters. The second kappa shape index (κ2) is 6.69. The molecule has 1 heterocycles. The number of hydrogen-bond donors (Lipinski definition) is 1. The van der Waals surface area contributed by atoms with Crippen molar-refractivity contribution >= 4 is 5.69 Å². The van der Waals surface area contributed by atoms with Crippen molar-refractivity contribution in [3.05, 3.63) is 24.3 Å². The summed E-state index contributed by atoms with van der Waals surface area (Å²) in [6.45, 7) is 4.44. The largest absolute Gasteiger partial charge is 0.488 e. The first-order chi connectivity index (χ1) is 10.2. The molecule has 0 atom stereocenters. The minimum Gasteiger partial charge on any atom is -0.488 e. The summed E-state index contributed by atoms with van der Waals surface area (Å²) in [5.74, 6) is 1.93. The highest BCUT2D eigenvalue weighted by molar-refractivity contribution is 5.58. The lowest BCUT2D eigenvalue weighted by Crippen LogP contribution is -2.40. The Morgan fingerprint density at radius 3 is 2.38 bits per heavy atom. The van der Waals surface area contributed by atoms with Gasteiger partial charge in [0.15, 0.2) is 0 Å². The number of hydrogen-bond acceptors (Lipinski definition) is 3. The third kappa shape index (κ3) is 3.70. The van der Waals surface area contributed by atoms with Gasteiger partial charge < -0.3 is 15.4 Å². The number of nitrogens with two attached hydrogens (primary N) is 1. The van der Waals surface area contributed by atoms with Crippen molar-refractivity contribution in [2.24, 2.45) is 11.7 Å². The van der Waals surface area contributed by atoms with E-state index in [2.05, 4.69) is 36.1 Å². The second-order valence-electron chi connectivity index (χ2n) is 6.79. The lowest BCUT2D eigenvalue weighted by molar-refractivity contribution is 0.136. The molecule has 1 aromatic carbocycles. The van der Waals surface area contributed by atoms with Gasteiger partial charge in [-0.15, -0.1) is 0 Å². The highest BCUT2D eigenvalue weighted by atomic mass is 16.5. The lowest BCUT2D eigenvalue weighted by Gasteiger charge is -2.34. The quantitative estimate of drug-likeness (QED) is 0.924. The van der Waals surface area contributed by atoms with E-state index in [1.807, 2.05) is 0 Å². The lowest BCUT2D eigenvalue weighted by atomic mass is 9.89. The maximum atomic E-state index is 6.34. The molecular formula is C18H28N2O. The van der Waals surface area contributed by atoms with Gasteiger partial charge in [0.1, 0.15) is 5.75 Å². The van der Waals surface area contributed by atoms with Crippen molar-refractivity contribution in [2.45, 2.75) is 57.6 Å². The van der Waals surface area contributed by atoms with E-state index in [-0.39, 0.29) is 0 Å². The molecule has 1 saturated heterocycles. The number of para-hydroxylation sites is 2. The van der Waals surface area contributed by atoms with Crippen molar-refractivity contribution in [1.29, 1.82) is 0 Å². The van der Waals surface area contributed by atoms with E-state index in [0.29, 0.717) is 12.1 Å². The monoisotopic (exact) mass is 288 g/mol. The summed E-state index contributed by atoms with van der Waals surface area (Å²) in [5, 5.41) is 0. The first kappa shape index (κ1) is 14.7. The molecule has 3 heteroatoms. The molecule has 0 aromatic heterocycles. The van der Waals surface area contributed by atoms with Crippen LogP contribution in [0.3, 0.4) is 0 Å².